The summed E-state index contributed by atoms with van der Waals surface area (Å²) in [5, 5.41) is 15.0. The lowest BCUT2D eigenvalue weighted by Gasteiger charge is -2.18. The van der Waals surface area contributed by atoms with Crippen LogP contribution >= 0.6 is 11.8 Å². The topological polar surface area (TPSA) is 113 Å². The second-order valence-corrected chi connectivity index (χ2v) is 7.44. The first kappa shape index (κ1) is 14.0. The van der Waals surface area contributed by atoms with Crippen LogP contribution in [-0.2, 0) is 19.4 Å². The largest absolute Gasteiger partial charge is 0.481 e. The quantitative estimate of drug-likeness (QED) is 0.743. The molecule has 1 aromatic heterocycles. The van der Waals surface area contributed by atoms with Crippen molar-refractivity contribution in [3.8, 4) is 0 Å². The normalized spacial score (nSPS) is 12.6. The Morgan fingerprint density at radius 3 is 2.59 bits per heavy atom. The molecule has 1 rings (SSSR count). The molecule has 0 unspecified atom stereocenters. The molecule has 0 fully saturated rings. The van der Waals surface area contributed by atoms with Crippen LogP contribution in [0, 0.1) is 0 Å². The van der Waals surface area contributed by atoms with Crippen LogP contribution in [0.5, 0.6) is 0 Å². The number of nitrogens with zero attached hydrogens (tertiary/aromatic N) is 2. The summed E-state index contributed by atoms with van der Waals surface area (Å²) in [4.78, 5) is 14.3. The highest BCUT2D eigenvalue weighted by atomic mass is 32.2. The number of H-pyrrole nitrogens is 1. The van der Waals surface area contributed by atoms with E-state index < -0.39 is 20.6 Å². The molecule has 7 nitrogen and oxygen atoms in total. The average molecular weight is 279 g/mol. The molecule has 0 spiro atoms. The zero-order chi connectivity index (χ0) is 13.3. The van der Waals surface area contributed by atoms with Crippen LogP contribution < -0.4 is 0 Å². The van der Waals surface area contributed by atoms with Crippen molar-refractivity contribution in [2.24, 2.45) is 0 Å². The molecule has 0 saturated carbocycles. The molecule has 0 aromatic carbocycles. The van der Waals surface area contributed by atoms with Crippen molar-refractivity contribution in [2.45, 2.75) is 23.8 Å². The highest BCUT2D eigenvalue weighted by molar-refractivity contribution is 7.99. The van der Waals surface area contributed by atoms with Gasteiger partial charge in [-0.15, -0.1) is 5.10 Å². The van der Waals surface area contributed by atoms with Gasteiger partial charge in [-0.25, -0.2) is 13.4 Å². The Morgan fingerprint density at radius 1 is 1.53 bits per heavy atom. The maximum Gasteiger partial charge on any atom is 0.313 e. The van der Waals surface area contributed by atoms with E-state index in [4.69, 9.17) is 5.11 Å². The van der Waals surface area contributed by atoms with Crippen molar-refractivity contribution in [1.29, 1.82) is 0 Å². The Hall–Kier alpha value is -1.09. The fraction of sp³-hybridized carbons (Fsp3) is 0.625. The van der Waals surface area contributed by atoms with E-state index in [0.29, 0.717) is 0 Å². The summed E-state index contributed by atoms with van der Waals surface area (Å²) in [5.41, 5.74) is 0. The summed E-state index contributed by atoms with van der Waals surface area (Å²) >= 11 is 0.928. The molecule has 0 radical (unpaired) electrons. The van der Waals surface area contributed by atoms with Gasteiger partial charge in [-0.1, -0.05) is 11.8 Å². The van der Waals surface area contributed by atoms with Gasteiger partial charge in [0.05, 0.1) is 5.75 Å². The Morgan fingerprint density at radius 2 is 2.12 bits per heavy atom. The number of aliphatic carboxylic acids is 1. The molecule has 2 N–H and O–H groups in total. The van der Waals surface area contributed by atoms with E-state index >= 15 is 0 Å². The second-order valence-electron chi connectivity index (χ2n) is 3.93. The van der Waals surface area contributed by atoms with Crippen molar-refractivity contribution in [3.05, 3.63) is 5.82 Å². The van der Waals surface area contributed by atoms with Crippen LogP contribution in [0.25, 0.3) is 0 Å². The number of aromatic nitrogens is 3. The number of carboxylic acid groups (broad SMARTS) is 1. The Kier molecular flexibility index (Phi) is 3.82. The minimum absolute atomic E-state index is 0.170. The van der Waals surface area contributed by atoms with E-state index in [1.54, 1.807) is 0 Å². The predicted octanol–water partition coefficient (Wildman–Crippen LogP) is 0.261. The fourth-order valence-electron chi connectivity index (χ4n) is 0.882. The van der Waals surface area contributed by atoms with Crippen LogP contribution in [0.1, 0.15) is 19.7 Å². The number of carbonyl (C=O) groups is 1. The first-order chi connectivity index (χ1) is 7.64. The summed E-state index contributed by atoms with van der Waals surface area (Å²) in [5.74, 6) is -0.951. The molecule has 0 aliphatic rings. The summed E-state index contributed by atoms with van der Waals surface area (Å²) in [6.45, 7) is 3.02. The monoisotopic (exact) mass is 279 g/mol. The van der Waals surface area contributed by atoms with Gasteiger partial charge in [-0.3, -0.25) is 9.89 Å². The van der Waals surface area contributed by atoms with E-state index in [9.17, 15) is 13.2 Å². The molecule has 1 aromatic rings. The van der Waals surface area contributed by atoms with Crippen molar-refractivity contribution in [3.63, 3.8) is 0 Å². The van der Waals surface area contributed by atoms with E-state index in [1.165, 1.54) is 13.8 Å². The Bertz CT molecular complexity index is 521. The van der Waals surface area contributed by atoms with Gasteiger partial charge in [0, 0.05) is 6.26 Å². The minimum atomic E-state index is -3.33. The number of nitrogens with one attached hydrogen (secondary N) is 1. The Labute approximate surface area is 103 Å². The average Bonchev–Trinajstić information content (AvgIpc) is 2.61. The maximum atomic E-state index is 11.5. The standard InChI is InChI=1S/C8H13N3O4S2/c1-8(2,17(3,14)15)6-9-7(11-10-6)16-4-5(12)13/h4H2,1-3H3,(H,12,13)(H,9,10,11). The van der Waals surface area contributed by atoms with Gasteiger partial charge in [0.1, 0.15) is 10.6 Å². The van der Waals surface area contributed by atoms with Crippen molar-refractivity contribution < 1.29 is 18.3 Å². The predicted molar refractivity (Wildman–Crippen MR) is 62.6 cm³/mol. The van der Waals surface area contributed by atoms with Crippen molar-refractivity contribution >= 4 is 27.6 Å². The van der Waals surface area contributed by atoms with Crippen LogP contribution in [0.2, 0.25) is 0 Å². The second kappa shape index (κ2) is 4.65. The first-order valence-corrected chi connectivity index (χ1v) is 7.49. The number of hydrogen-bond donors (Lipinski definition) is 2. The maximum absolute atomic E-state index is 11.5. The van der Waals surface area contributed by atoms with Crippen LogP contribution in [0.4, 0.5) is 0 Å². The minimum Gasteiger partial charge on any atom is -0.481 e. The molecular formula is C8H13N3O4S2. The SMILES string of the molecule is CC(C)(c1nc(SCC(=O)O)n[nH]1)S(C)(=O)=O. The lowest BCUT2D eigenvalue weighted by atomic mass is 10.2. The summed E-state index contributed by atoms with van der Waals surface area (Å²) in [6, 6.07) is 0. The lowest BCUT2D eigenvalue weighted by molar-refractivity contribution is -0.133. The zero-order valence-corrected chi connectivity index (χ0v) is 11.2. The molecule has 1 heterocycles. The third kappa shape index (κ3) is 3.19. The highest BCUT2D eigenvalue weighted by Crippen LogP contribution is 2.27. The number of thioether (sulfide) groups is 1. The molecule has 0 bridgehead atoms. The van der Waals surface area contributed by atoms with Gasteiger partial charge in [0.25, 0.3) is 0 Å². The lowest BCUT2D eigenvalue weighted by Crippen LogP contribution is -2.29. The van der Waals surface area contributed by atoms with Gasteiger partial charge >= 0.3 is 5.97 Å². The van der Waals surface area contributed by atoms with Crippen molar-refractivity contribution in [2.75, 3.05) is 12.0 Å². The van der Waals surface area contributed by atoms with Gasteiger partial charge in [0.2, 0.25) is 5.16 Å². The van der Waals surface area contributed by atoms with Gasteiger partial charge < -0.3 is 5.11 Å². The van der Waals surface area contributed by atoms with Crippen LogP contribution in [0.3, 0.4) is 0 Å². The number of sulfone groups is 1. The smallest absolute Gasteiger partial charge is 0.313 e. The summed E-state index contributed by atoms with van der Waals surface area (Å²) in [7, 11) is -3.33. The molecule has 0 atom stereocenters. The zero-order valence-electron chi connectivity index (χ0n) is 9.59. The van der Waals surface area contributed by atoms with E-state index in [-0.39, 0.29) is 16.7 Å². The van der Waals surface area contributed by atoms with E-state index in [2.05, 4.69) is 15.2 Å². The molecule has 9 heteroatoms. The molecule has 0 aliphatic heterocycles. The molecule has 0 aliphatic carbocycles. The number of carboxylic acids is 1. The molecular weight excluding hydrogens is 266 g/mol. The van der Waals surface area contributed by atoms with Crippen molar-refractivity contribution in [1.82, 2.24) is 15.2 Å². The third-order valence-corrected chi connectivity index (χ3v) is 5.17. The van der Waals surface area contributed by atoms with Gasteiger partial charge in [0.15, 0.2) is 9.84 Å². The third-order valence-electron chi connectivity index (χ3n) is 2.29. The number of aromatic amines is 1. The highest BCUT2D eigenvalue weighted by Gasteiger charge is 2.35. The first-order valence-electron chi connectivity index (χ1n) is 4.61. The molecule has 96 valence electrons. The summed E-state index contributed by atoms with van der Waals surface area (Å²) in [6.07, 6.45) is 1.11. The van der Waals surface area contributed by atoms with E-state index in [0.717, 1.165) is 18.0 Å². The van der Waals surface area contributed by atoms with E-state index in [1.807, 2.05) is 0 Å². The summed E-state index contributed by atoms with van der Waals surface area (Å²) < 4.78 is 21.9. The Balaban J connectivity index is 2.92. The fourth-order valence-corrected chi connectivity index (χ4v) is 1.84. The molecule has 0 saturated heterocycles. The van der Waals surface area contributed by atoms with Gasteiger partial charge in [-0.2, -0.15) is 0 Å². The van der Waals surface area contributed by atoms with Gasteiger partial charge in [-0.05, 0) is 13.8 Å². The number of hydrogen-bond acceptors (Lipinski definition) is 6. The number of rotatable bonds is 5. The van der Waals surface area contributed by atoms with Crippen LogP contribution in [-0.4, -0.2) is 46.7 Å². The molecule has 0 amide bonds. The molecule has 17 heavy (non-hydrogen) atoms. The van der Waals surface area contributed by atoms with Crippen LogP contribution in [0.15, 0.2) is 5.16 Å².